The predicted octanol–water partition coefficient (Wildman–Crippen LogP) is 5.43. The number of nitrogens with one attached hydrogen (secondary N) is 1. The molecule has 2 fully saturated rings. The summed E-state index contributed by atoms with van der Waals surface area (Å²) in [4.78, 5) is 13.3. The maximum atomic E-state index is 14.0. The number of hydrogen-bond donors (Lipinski definition) is 2. The van der Waals surface area contributed by atoms with E-state index in [1.54, 1.807) is 24.3 Å². The summed E-state index contributed by atoms with van der Waals surface area (Å²) in [6.45, 7) is 10.2. The molecule has 1 saturated carbocycles. The van der Waals surface area contributed by atoms with Crippen LogP contribution in [-0.2, 0) is 19.5 Å². The van der Waals surface area contributed by atoms with Crippen LogP contribution in [0.1, 0.15) is 56.9 Å². The highest BCUT2D eigenvalue weighted by atomic mass is 32.2. The van der Waals surface area contributed by atoms with E-state index in [0.29, 0.717) is 24.5 Å². The second-order valence-electron chi connectivity index (χ2n) is 11.6. The molecule has 240 valence electrons. The van der Waals surface area contributed by atoms with Crippen LogP contribution in [0.4, 0.5) is 4.79 Å². The molecule has 44 heavy (non-hydrogen) atoms. The lowest BCUT2D eigenvalue weighted by atomic mass is 9.89. The van der Waals surface area contributed by atoms with Gasteiger partial charge >= 0.3 is 6.09 Å². The van der Waals surface area contributed by atoms with Crippen LogP contribution in [0.5, 0.6) is 5.75 Å². The highest BCUT2D eigenvalue weighted by Gasteiger charge is 2.41. The van der Waals surface area contributed by atoms with Crippen molar-refractivity contribution in [1.82, 2.24) is 9.62 Å². The van der Waals surface area contributed by atoms with Crippen molar-refractivity contribution in [2.75, 3.05) is 26.3 Å². The number of unbranched alkanes of at least 4 members (excludes halogenated alkanes) is 2. The van der Waals surface area contributed by atoms with Crippen molar-refractivity contribution in [3.63, 3.8) is 0 Å². The zero-order valence-electron chi connectivity index (χ0n) is 25.6. The molecule has 0 aromatic heterocycles. The predicted molar refractivity (Wildman–Crippen MR) is 170 cm³/mol. The maximum Gasteiger partial charge on any atom is 0.407 e. The van der Waals surface area contributed by atoms with Crippen molar-refractivity contribution < 1.29 is 32.5 Å². The van der Waals surface area contributed by atoms with E-state index in [-0.39, 0.29) is 42.7 Å². The van der Waals surface area contributed by atoms with Gasteiger partial charge in [0.2, 0.25) is 10.0 Å². The van der Waals surface area contributed by atoms with Gasteiger partial charge in [0.15, 0.2) is 0 Å². The first-order valence-corrected chi connectivity index (χ1v) is 16.9. The molecule has 0 radical (unpaired) electrons. The van der Waals surface area contributed by atoms with Crippen molar-refractivity contribution in [2.45, 2.75) is 80.6 Å². The Morgan fingerprint density at radius 3 is 2.66 bits per heavy atom. The smallest absolute Gasteiger partial charge is 0.407 e. The summed E-state index contributed by atoms with van der Waals surface area (Å²) in [7, 11) is -4.03. The van der Waals surface area contributed by atoms with Gasteiger partial charge in [-0.1, -0.05) is 62.1 Å². The topological polar surface area (TPSA) is 114 Å². The molecule has 1 aliphatic heterocycles. The summed E-state index contributed by atoms with van der Waals surface area (Å²) in [5.74, 6) is 0.462. The SMILES string of the molecule is C=CCCCCN(C[C@@H](O)C(NC(=O)O[C@@H]1CC2CCO[C@@H]2C1)[C@H](C)c1ccccc1)S(=O)(=O)c1cccc(OCC=C)c1. The Morgan fingerprint density at radius 1 is 1.14 bits per heavy atom. The lowest BCUT2D eigenvalue weighted by Crippen LogP contribution is -2.52. The van der Waals surface area contributed by atoms with Crippen LogP contribution in [0.25, 0.3) is 0 Å². The van der Waals surface area contributed by atoms with Crippen LogP contribution in [0.3, 0.4) is 0 Å². The number of fused-ring (bicyclic) bond motifs is 1. The van der Waals surface area contributed by atoms with E-state index < -0.39 is 28.3 Å². The average Bonchev–Trinajstić information content (AvgIpc) is 3.62. The fourth-order valence-corrected chi connectivity index (χ4v) is 7.62. The summed E-state index contributed by atoms with van der Waals surface area (Å²) < 4.78 is 46.3. The Balaban J connectivity index is 1.54. The van der Waals surface area contributed by atoms with Crippen molar-refractivity contribution in [1.29, 1.82) is 0 Å². The minimum Gasteiger partial charge on any atom is -0.490 e. The number of alkyl carbamates (subject to hydrolysis) is 1. The van der Waals surface area contributed by atoms with E-state index in [2.05, 4.69) is 18.5 Å². The van der Waals surface area contributed by atoms with Crippen LogP contribution in [0.2, 0.25) is 0 Å². The van der Waals surface area contributed by atoms with Gasteiger partial charge in [0, 0.05) is 38.1 Å². The quantitative estimate of drug-likeness (QED) is 0.178. The summed E-state index contributed by atoms with van der Waals surface area (Å²) in [5.41, 5.74) is 0.896. The zero-order chi connectivity index (χ0) is 31.5. The van der Waals surface area contributed by atoms with Crippen LogP contribution in [0.15, 0.2) is 84.8 Å². The van der Waals surface area contributed by atoms with E-state index in [0.717, 1.165) is 37.9 Å². The number of hydrogen-bond acceptors (Lipinski definition) is 7. The number of sulfonamides is 1. The molecular formula is C34H46N2O7S. The maximum absolute atomic E-state index is 14.0. The van der Waals surface area contributed by atoms with Crippen LogP contribution >= 0.6 is 0 Å². The standard InChI is InChI=1S/C34H46N2O7S/c1-4-6-7-11-18-36(44(39,40)30-16-12-15-28(22-30)41-19-5-2)24-31(37)33(25(3)26-13-9-8-10-14-26)35-34(38)43-29-21-27-17-20-42-32(27)23-29/h4-5,8-10,12-16,22,25,27,29,31-33,37H,1-2,6-7,11,17-21,23-24H2,3H3,(H,35,38)/t25-,27?,29-,31-,32-,33?/m1/s1. The first-order chi connectivity index (χ1) is 21.2. The molecule has 0 spiro atoms. The summed E-state index contributed by atoms with van der Waals surface area (Å²) in [6.07, 6.45) is 5.83. The van der Waals surface area contributed by atoms with Crippen LogP contribution in [-0.4, -0.2) is 74.6 Å². The van der Waals surface area contributed by atoms with Crippen molar-refractivity contribution in [3.8, 4) is 5.75 Å². The number of aliphatic hydroxyl groups is 1. The van der Waals surface area contributed by atoms with Crippen molar-refractivity contribution in [3.05, 3.63) is 85.5 Å². The van der Waals surface area contributed by atoms with Gasteiger partial charge < -0.3 is 24.6 Å². The fraction of sp³-hybridized carbons (Fsp3) is 0.500. The zero-order valence-corrected chi connectivity index (χ0v) is 26.4. The van der Waals surface area contributed by atoms with Gasteiger partial charge in [-0.25, -0.2) is 13.2 Å². The van der Waals surface area contributed by atoms with E-state index in [4.69, 9.17) is 14.2 Å². The molecule has 2 N–H and O–H groups in total. The number of carbonyl (C=O) groups is 1. The molecule has 6 atom stereocenters. The van der Waals surface area contributed by atoms with Gasteiger partial charge in [-0.15, -0.1) is 6.58 Å². The minimum atomic E-state index is -4.03. The third-order valence-corrected chi connectivity index (χ3v) is 10.4. The highest BCUT2D eigenvalue weighted by molar-refractivity contribution is 7.89. The monoisotopic (exact) mass is 626 g/mol. The number of ether oxygens (including phenoxy) is 3. The molecule has 2 unspecified atom stereocenters. The number of carbonyl (C=O) groups excluding carboxylic acids is 1. The van der Waals surface area contributed by atoms with Gasteiger partial charge in [0.1, 0.15) is 18.5 Å². The Bertz CT molecular complexity index is 1320. The molecule has 1 heterocycles. The summed E-state index contributed by atoms with van der Waals surface area (Å²) >= 11 is 0. The van der Waals surface area contributed by atoms with Gasteiger partial charge in [0.05, 0.1) is 23.1 Å². The summed E-state index contributed by atoms with van der Waals surface area (Å²) in [5, 5.41) is 14.6. The third-order valence-electron chi connectivity index (χ3n) is 8.51. The second kappa shape index (κ2) is 16.2. The molecule has 9 nitrogen and oxygen atoms in total. The number of rotatable bonds is 17. The lowest BCUT2D eigenvalue weighted by Gasteiger charge is -2.33. The van der Waals surface area contributed by atoms with Gasteiger partial charge in [0.25, 0.3) is 0 Å². The Kier molecular flexibility index (Phi) is 12.4. The molecule has 2 aliphatic rings. The molecule has 10 heteroatoms. The molecule has 1 aliphatic carbocycles. The minimum absolute atomic E-state index is 0.0593. The second-order valence-corrected chi connectivity index (χ2v) is 13.6. The fourth-order valence-electron chi connectivity index (χ4n) is 6.09. The molecule has 1 saturated heterocycles. The Labute approximate surface area is 261 Å². The molecular weight excluding hydrogens is 580 g/mol. The number of amides is 1. The number of allylic oxidation sites excluding steroid dienone is 1. The molecule has 0 bridgehead atoms. The third kappa shape index (κ3) is 8.94. The van der Waals surface area contributed by atoms with Gasteiger partial charge in [-0.05, 0) is 55.7 Å². The number of nitrogens with zero attached hydrogens (tertiary/aromatic N) is 1. The first kappa shape index (κ1) is 33.7. The Morgan fingerprint density at radius 2 is 1.93 bits per heavy atom. The van der Waals surface area contributed by atoms with Gasteiger partial charge in [-0.2, -0.15) is 4.31 Å². The van der Waals surface area contributed by atoms with Crippen LogP contribution < -0.4 is 10.1 Å². The van der Waals surface area contributed by atoms with Crippen molar-refractivity contribution in [2.24, 2.45) is 5.92 Å². The Hall–Kier alpha value is -3.18. The normalized spacial score (nSPS) is 21.7. The lowest BCUT2D eigenvalue weighted by molar-refractivity contribution is 0.0531. The molecule has 1 amide bonds. The molecule has 4 rings (SSSR count). The largest absolute Gasteiger partial charge is 0.490 e. The highest BCUT2D eigenvalue weighted by Crippen LogP contribution is 2.37. The van der Waals surface area contributed by atoms with Crippen LogP contribution in [0, 0.1) is 5.92 Å². The van der Waals surface area contributed by atoms with Gasteiger partial charge in [-0.3, -0.25) is 0 Å². The van der Waals surface area contributed by atoms with E-state index in [1.165, 1.54) is 16.4 Å². The molecule has 2 aromatic rings. The number of aliphatic hydroxyl groups excluding tert-OH is 1. The van der Waals surface area contributed by atoms with E-state index in [9.17, 15) is 18.3 Å². The van der Waals surface area contributed by atoms with E-state index >= 15 is 0 Å². The van der Waals surface area contributed by atoms with E-state index in [1.807, 2.05) is 37.3 Å². The average molecular weight is 627 g/mol. The summed E-state index contributed by atoms with van der Waals surface area (Å²) in [6, 6.07) is 15.0. The number of benzene rings is 2. The van der Waals surface area contributed by atoms with Crippen molar-refractivity contribution >= 4 is 16.1 Å². The first-order valence-electron chi connectivity index (χ1n) is 15.5. The molecule has 2 aromatic carbocycles.